The Morgan fingerprint density at radius 2 is 2.18 bits per heavy atom. The van der Waals surface area contributed by atoms with Gasteiger partial charge in [-0.3, -0.25) is 9.58 Å². The van der Waals surface area contributed by atoms with Crippen LogP contribution in [0.3, 0.4) is 0 Å². The molecule has 1 aromatic carbocycles. The van der Waals surface area contributed by atoms with Gasteiger partial charge in [-0.2, -0.15) is 5.10 Å². The maximum Gasteiger partial charge on any atom is 0.137 e. The van der Waals surface area contributed by atoms with Crippen molar-refractivity contribution in [3.8, 4) is 0 Å². The molecule has 0 amide bonds. The number of nitrogens with zero attached hydrogens (tertiary/aromatic N) is 4. The van der Waals surface area contributed by atoms with Crippen LogP contribution in [-0.4, -0.2) is 57.1 Å². The number of benzene rings is 1. The van der Waals surface area contributed by atoms with Gasteiger partial charge in [-0.05, 0) is 12.5 Å². The lowest BCUT2D eigenvalue weighted by molar-refractivity contribution is -0.0670. The predicted molar refractivity (Wildman–Crippen MR) is 82.2 cm³/mol. The molecule has 0 aliphatic carbocycles. The van der Waals surface area contributed by atoms with E-state index in [0.717, 1.165) is 18.7 Å². The first-order valence-electron chi connectivity index (χ1n) is 7.58. The van der Waals surface area contributed by atoms with E-state index in [0.29, 0.717) is 19.7 Å². The van der Waals surface area contributed by atoms with E-state index in [1.807, 2.05) is 37.3 Å². The van der Waals surface area contributed by atoms with Crippen LogP contribution in [-0.2, 0) is 16.9 Å². The molecule has 0 bridgehead atoms. The molecular formula is C16H22N4O2. The summed E-state index contributed by atoms with van der Waals surface area (Å²) in [5.74, 6) is 0. The van der Waals surface area contributed by atoms with Crippen molar-refractivity contribution in [1.82, 2.24) is 19.7 Å². The predicted octanol–water partition coefficient (Wildman–Crippen LogP) is 0.887. The Bertz CT molecular complexity index is 571. The molecule has 0 radical (unpaired) electrons. The van der Waals surface area contributed by atoms with Crippen LogP contribution < -0.4 is 0 Å². The highest BCUT2D eigenvalue weighted by molar-refractivity contribution is 5.21. The third-order valence-corrected chi connectivity index (χ3v) is 4.01. The molecule has 2 heterocycles. The highest BCUT2D eigenvalue weighted by Gasteiger charge is 2.29. The summed E-state index contributed by atoms with van der Waals surface area (Å²) in [6.07, 6.45) is 3.30. The summed E-state index contributed by atoms with van der Waals surface area (Å²) in [5.41, 5.74) is 0.0745. The van der Waals surface area contributed by atoms with Crippen LogP contribution in [0.5, 0.6) is 0 Å². The van der Waals surface area contributed by atoms with Gasteiger partial charge < -0.3 is 9.84 Å². The summed E-state index contributed by atoms with van der Waals surface area (Å²) in [6.45, 7) is 5.42. The number of aromatic nitrogens is 3. The highest BCUT2D eigenvalue weighted by Crippen LogP contribution is 2.22. The van der Waals surface area contributed by atoms with E-state index < -0.39 is 5.60 Å². The Hall–Kier alpha value is -1.76. The molecule has 1 aliphatic rings. The van der Waals surface area contributed by atoms with Gasteiger partial charge in [0.05, 0.1) is 24.9 Å². The second-order valence-electron chi connectivity index (χ2n) is 5.99. The molecule has 0 saturated carbocycles. The van der Waals surface area contributed by atoms with Crippen molar-refractivity contribution in [2.45, 2.75) is 25.2 Å². The molecule has 0 spiro atoms. The Kier molecular flexibility index (Phi) is 4.52. The molecule has 6 heteroatoms. The van der Waals surface area contributed by atoms with Crippen molar-refractivity contribution >= 4 is 0 Å². The lowest BCUT2D eigenvalue weighted by Crippen LogP contribution is -2.49. The number of rotatable bonds is 5. The first-order valence-corrected chi connectivity index (χ1v) is 7.58. The van der Waals surface area contributed by atoms with Gasteiger partial charge in [0, 0.05) is 19.6 Å². The summed E-state index contributed by atoms with van der Waals surface area (Å²) < 4.78 is 7.57. The van der Waals surface area contributed by atoms with Crippen molar-refractivity contribution in [2.75, 3.05) is 26.2 Å². The summed E-state index contributed by atoms with van der Waals surface area (Å²) >= 11 is 0. The van der Waals surface area contributed by atoms with Crippen LogP contribution in [0.4, 0.5) is 0 Å². The molecule has 3 rings (SSSR count). The van der Waals surface area contributed by atoms with Gasteiger partial charge in [0.2, 0.25) is 0 Å². The minimum atomic E-state index is -0.865. The smallest absolute Gasteiger partial charge is 0.137 e. The summed E-state index contributed by atoms with van der Waals surface area (Å²) in [5, 5.41) is 14.9. The third kappa shape index (κ3) is 3.71. The number of ether oxygens (including phenoxy) is 1. The van der Waals surface area contributed by atoms with Crippen molar-refractivity contribution in [2.24, 2.45) is 0 Å². The molecule has 118 valence electrons. The van der Waals surface area contributed by atoms with Crippen LogP contribution in [0.25, 0.3) is 0 Å². The monoisotopic (exact) mass is 302 g/mol. The maximum atomic E-state index is 10.8. The van der Waals surface area contributed by atoms with E-state index in [2.05, 4.69) is 15.0 Å². The molecule has 1 aromatic heterocycles. The fourth-order valence-electron chi connectivity index (χ4n) is 2.89. The molecule has 22 heavy (non-hydrogen) atoms. The Labute approximate surface area is 130 Å². The van der Waals surface area contributed by atoms with Crippen LogP contribution >= 0.6 is 0 Å². The number of hydrogen-bond acceptors (Lipinski definition) is 5. The highest BCUT2D eigenvalue weighted by atomic mass is 16.5. The topological polar surface area (TPSA) is 63.4 Å². The van der Waals surface area contributed by atoms with Gasteiger partial charge in [-0.25, -0.2) is 4.98 Å². The van der Waals surface area contributed by atoms with Gasteiger partial charge in [0.25, 0.3) is 0 Å². The van der Waals surface area contributed by atoms with Gasteiger partial charge >= 0.3 is 0 Å². The summed E-state index contributed by atoms with van der Waals surface area (Å²) in [6, 6.07) is 9.80. The molecule has 1 fully saturated rings. The van der Waals surface area contributed by atoms with Crippen molar-refractivity contribution in [3.63, 3.8) is 0 Å². The van der Waals surface area contributed by atoms with Crippen molar-refractivity contribution in [1.29, 1.82) is 0 Å². The first kappa shape index (κ1) is 15.1. The van der Waals surface area contributed by atoms with Crippen LogP contribution in [0.1, 0.15) is 12.5 Å². The minimum absolute atomic E-state index is 0.0713. The summed E-state index contributed by atoms with van der Waals surface area (Å²) in [4.78, 5) is 6.20. The van der Waals surface area contributed by atoms with Gasteiger partial charge in [-0.1, -0.05) is 30.3 Å². The molecule has 6 nitrogen and oxygen atoms in total. The van der Waals surface area contributed by atoms with Crippen LogP contribution in [0, 0.1) is 0 Å². The molecule has 2 atom stereocenters. The van der Waals surface area contributed by atoms with Crippen molar-refractivity contribution in [3.05, 3.63) is 48.5 Å². The second-order valence-corrected chi connectivity index (χ2v) is 5.99. The Morgan fingerprint density at radius 3 is 2.91 bits per heavy atom. The zero-order valence-electron chi connectivity index (χ0n) is 12.8. The van der Waals surface area contributed by atoms with E-state index in [-0.39, 0.29) is 6.10 Å². The van der Waals surface area contributed by atoms with E-state index in [1.165, 1.54) is 6.33 Å². The first-order chi connectivity index (χ1) is 10.6. The quantitative estimate of drug-likeness (QED) is 0.888. The van der Waals surface area contributed by atoms with E-state index in [4.69, 9.17) is 4.74 Å². The van der Waals surface area contributed by atoms with E-state index in [1.54, 1.807) is 11.0 Å². The molecule has 2 aromatic rings. The van der Waals surface area contributed by atoms with Gasteiger partial charge in [-0.15, -0.1) is 0 Å². The van der Waals surface area contributed by atoms with Gasteiger partial charge in [0.15, 0.2) is 0 Å². The van der Waals surface area contributed by atoms with Crippen LogP contribution in [0.15, 0.2) is 43.0 Å². The minimum Gasteiger partial charge on any atom is -0.384 e. The molecule has 1 N–H and O–H groups in total. The van der Waals surface area contributed by atoms with E-state index in [9.17, 15) is 5.11 Å². The Balaban J connectivity index is 1.60. The van der Waals surface area contributed by atoms with E-state index >= 15 is 0 Å². The molecule has 1 aliphatic heterocycles. The number of hydrogen-bond donors (Lipinski definition) is 1. The number of morpholine rings is 1. The molecular weight excluding hydrogens is 280 g/mol. The van der Waals surface area contributed by atoms with Crippen LogP contribution in [0.2, 0.25) is 0 Å². The average molecular weight is 302 g/mol. The standard InChI is InChI=1S/C16H22N4O2/c1-16(21,14-5-3-2-4-6-14)11-19-7-8-22-15(9-19)10-20-13-17-12-18-20/h2-6,12-13,15,21H,7-11H2,1H3/t15-,16+/m0/s1. The molecule has 0 unspecified atom stereocenters. The van der Waals surface area contributed by atoms with Crippen molar-refractivity contribution < 1.29 is 9.84 Å². The second kappa shape index (κ2) is 6.56. The zero-order chi connectivity index (χ0) is 15.4. The average Bonchev–Trinajstić information content (AvgIpc) is 3.01. The SMILES string of the molecule is C[C@@](O)(CN1CCO[C@H](Cn2cncn2)C1)c1ccccc1. The normalized spacial score (nSPS) is 22.4. The van der Waals surface area contributed by atoms with Gasteiger partial charge in [0.1, 0.15) is 12.7 Å². The molecule has 1 saturated heterocycles. The number of aliphatic hydroxyl groups is 1. The lowest BCUT2D eigenvalue weighted by Gasteiger charge is -2.37. The zero-order valence-corrected chi connectivity index (χ0v) is 12.8. The third-order valence-electron chi connectivity index (χ3n) is 4.01. The Morgan fingerprint density at radius 1 is 1.36 bits per heavy atom. The fourth-order valence-corrected chi connectivity index (χ4v) is 2.89. The fraction of sp³-hybridized carbons (Fsp3) is 0.500. The number of β-amino-alcohol motifs (C(OH)–C–C–N with tert-alkyl or cyclic N) is 1. The lowest BCUT2D eigenvalue weighted by atomic mass is 9.95. The summed E-state index contributed by atoms with van der Waals surface area (Å²) in [7, 11) is 0. The largest absolute Gasteiger partial charge is 0.384 e. The maximum absolute atomic E-state index is 10.8.